The van der Waals surface area contributed by atoms with Crippen LogP contribution >= 0.6 is 27.5 Å². The van der Waals surface area contributed by atoms with E-state index in [1.54, 1.807) is 17.2 Å². The molecule has 1 amide bonds. The molecule has 0 N–H and O–H groups in total. The van der Waals surface area contributed by atoms with Crippen LogP contribution in [-0.4, -0.2) is 29.0 Å². The van der Waals surface area contributed by atoms with Crippen LogP contribution in [0.15, 0.2) is 23.4 Å². The number of rotatable bonds is 4. The standard InChI is InChI=1S/C15H21BrClNO2/c16-8-4-10-20-15(19)18-9-7-13(17)11-14(18)12-5-2-1-3-6-12/h7,9,11-12,14H,1-6,8,10H2. The number of allylic oxidation sites excluding steroid dienone is 2. The SMILES string of the molecule is O=C(OCCCBr)N1C=CC(Cl)=CC1C1CCCCC1. The fourth-order valence-corrected chi connectivity index (χ4v) is 3.27. The maximum absolute atomic E-state index is 12.2. The first-order valence-corrected chi connectivity index (χ1v) is 8.79. The van der Waals surface area contributed by atoms with E-state index in [0.29, 0.717) is 17.6 Å². The summed E-state index contributed by atoms with van der Waals surface area (Å²) in [7, 11) is 0. The van der Waals surface area contributed by atoms with Gasteiger partial charge in [0.1, 0.15) is 0 Å². The lowest BCUT2D eigenvalue weighted by molar-refractivity contribution is 0.0967. The van der Waals surface area contributed by atoms with Crippen molar-refractivity contribution in [3.8, 4) is 0 Å². The fourth-order valence-electron chi connectivity index (χ4n) is 2.86. The topological polar surface area (TPSA) is 29.5 Å². The van der Waals surface area contributed by atoms with E-state index in [9.17, 15) is 4.79 Å². The van der Waals surface area contributed by atoms with Gasteiger partial charge in [0, 0.05) is 16.6 Å². The zero-order chi connectivity index (χ0) is 14.4. The molecule has 0 aromatic carbocycles. The number of nitrogens with zero attached hydrogens (tertiary/aromatic N) is 1. The van der Waals surface area contributed by atoms with Crippen LogP contribution in [0.5, 0.6) is 0 Å². The third-order valence-electron chi connectivity index (χ3n) is 3.89. The van der Waals surface area contributed by atoms with Gasteiger partial charge >= 0.3 is 6.09 Å². The van der Waals surface area contributed by atoms with Gasteiger partial charge in [-0.1, -0.05) is 46.8 Å². The molecule has 1 aliphatic heterocycles. The number of amides is 1. The number of alkyl halides is 1. The molecule has 0 saturated heterocycles. The molecule has 0 aromatic heterocycles. The molecule has 5 heteroatoms. The number of hydrogen-bond acceptors (Lipinski definition) is 2. The molecule has 0 bridgehead atoms. The molecule has 1 fully saturated rings. The molecule has 1 aliphatic carbocycles. The van der Waals surface area contributed by atoms with Crippen molar-refractivity contribution >= 4 is 33.6 Å². The number of hydrogen-bond donors (Lipinski definition) is 0. The summed E-state index contributed by atoms with van der Waals surface area (Å²) >= 11 is 9.45. The van der Waals surface area contributed by atoms with E-state index in [4.69, 9.17) is 16.3 Å². The number of ether oxygens (including phenoxy) is 1. The summed E-state index contributed by atoms with van der Waals surface area (Å²) in [5.41, 5.74) is 0. The van der Waals surface area contributed by atoms with E-state index >= 15 is 0 Å². The highest BCUT2D eigenvalue weighted by atomic mass is 79.9. The molecule has 1 unspecified atom stereocenters. The Labute approximate surface area is 134 Å². The molecule has 20 heavy (non-hydrogen) atoms. The van der Waals surface area contributed by atoms with Crippen molar-refractivity contribution in [2.75, 3.05) is 11.9 Å². The Morgan fingerprint density at radius 1 is 1.40 bits per heavy atom. The van der Waals surface area contributed by atoms with Gasteiger partial charge in [0.25, 0.3) is 0 Å². The minimum atomic E-state index is -0.266. The van der Waals surface area contributed by atoms with Crippen molar-refractivity contribution in [1.82, 2.24) is 4.90 Å². The predicted molar refractivity (Wildman–Crippen MR) is 85.0 cm³/mol. The maximum atomic E-state index is 12.2. The molecule has 2 aliphatic rings. The Morgan fingerprint density at radius 2 is 2.15 bits per heavy atom. The molecule has 112 valence electrons. The second-order valence-electron chi connectivity index (χ2n) is 5.32. The predicted octanol–water partition coefficient (Wildman–Crippen LogP) is 4.81. The number of halogens is 2. The maximum Gasteiger partial charge on any atom is 0.414 e. The molecule has 0 radical (unpaired) electrons. The zero-order valence-electron chi connectivity index (χ0n) is 11.6. The van der Waals surface area contributed by atoms with E-state index in [-0.39, 0.29) is 12.1 Å². The Bertz CT molecular complexity index is 391. The van der Waals surface area contributed by atoms with Gasteiger partial charge in [0.15, 0.2) is 0 Å². The summed E-state index contributed by atoms with van der Waals surface area (Å²) in [5.74, 6) is 0.492. The monoisotopic (exact) mass is 361 g/mol. The molecule has 0 spiro atoms. The van der Waals surface area contributed by atoms with Crippen molar-refractivity contribution in [1.29, 1.82) is 0 Å². The van der Waals surface area contributed by atoms with Crippen LogP contribution in [0.3, 0.4) is 0 Å². The average Bonchev–Trinajstić information content (AvgIpc) is 2.48. The first-order valence-electron chi connectivity index (χ1n) is 7.29. The summed E-state index contributed by atoms with van der Waals surface area (Å²) < 4.78 is 5.31. The summed E-state index contributed by atoms with van der Waals surface area (Å²) in [5, 5.41) is 1.55. The van der Waals surface area contributed by atoms with Crippen LogP contribution in [-0.2, 0) is 4.74 Å². The van der Waals surface area contributed by atoms with E-state index in [1.165, 1.54) is 19.3 Å². The highest BCUT2D eigenvalue weighted by Crippen LogP contribution is 2.33. The third kappa shape index (κ3) is 4.26. The molecule has 0 aromatic rings. The van der Waals surface area contributed by atoms with Crippen LogP contribution in [0.2, 0.25) is 0 Å². The van der Waals surface area contributed by atoms with Crippen LogP contribution < -0.4 is 0 Å². The smallest absolute Gasteiger partial charge is 0.414 e. The Kier molecular flexibility index (Phi) is 6.43. The van der Waals surface area contributed by atoms with Gasteiger partial charge < -0.3 is 4.74 Å². The first-order chi connectivity index (χ1) is 9.72. The number of carbonyl (C=O) groups excluding carboxylic acids is 1. The first kappa shape index (κ1) is 15.9. The van der Waals surface area contributed by atoms with Crippen molar-refractivity contribution in [2.24, 2.45) is 5.92 Å². The van der Waals surface area contributed by atoms with Crippen molar-refractivity contribution < 1.29 is 9.53 Å². The van der Waals surface area contributed by atoms with Crippen molar-refractivity contribution in [2.45, 2.75) is 44.6 Å². The van der Waals surface area contributed by atoms with Gasteiger partial charge in [-0.15, -0.1) is 0 Å². The normalized spacial score (nSPS) is 23.6. The van der Waals surface area contributed by atoms with Gasteiger partial charge in [0.05, 0.1) is 12.6 Å². The van der Waals surface area contributed by atoms with Crippen LogP contribution in [0.25, 0.3) is 0 Å². The zero-order valence-corrected chi connectivity index (χ0v) is 13.9. The summed E-state index contributed by atoms with van der Waals surface area (Å²) in [6.45, 7) is 0.448. The average molecular weight is 363 g/mol. The fraction of sp³-hybridized carbons (Fsp3) is 0.667. The Balaban J connectivity index is 2.01. The second kappa shape index (κ2) is 8.08. The highest BCUT2D eigenvalue weighted by Gasteiger charge is 2.31. The van der Waals surface area contributed by atoms with E-state index in [0.717, 1.165) is 24.6 Å². The van der Waals surface area contributed by atoms with Crippen molar-refractivity contribution in [3.63, 3.8) is 0 Å². The molecular weight excluding hydrogens is 342 g/mol. The lowest BCUT2D eigenvalue weighted by Crippen LogP contribution is -2.42. The Hall–Kier alpha value is -0.480. The minimum Gasteiger partial charge on any atom is -0.449 e. The molecular formula is C15H21BrClNO2. The summed E-state index contributed by atoms with van der Waals surface area (Å²) in [6, 6.07) is 0.0456. The van der Waals surface area contributed by atoms with Crippen LogP contribution in [0.1, 0.15) is 38.5 Å². The van der Waals surface area contributed by atoms with Crippen LogP contribution in [0.4, 0.5) is 4.79 Å². The lowest BCUT2D eigenvalue weighted by Gasteiger charge is -2.36. The van der Waals surface area contributed by atoms with E-state index in [1.807, 2.05) is 6.08 Å². The van der Waals surface area contributed by atoms with Gasteiger partial charge in [-0.2, -0.15) is 0 Å². The number of carbonyl (C=O) groups is 1. The summed E-state index contributed by atoms with van der Waals surface area (Å²) in [6.07, 6.45) is 12.2. The molecule has 3 nitrogen and oxygen atoms in total. The quantitative estimate of drug-likeness (QED) is 0.530. The van der Waals surface area contributed by atoms with Gasteiger partial charge in [-0.3, -0.25) is 4.90 Å². The second-order valence-corrected chi connectivity index (χ2v) is 6.55. The van der Waals surface area contributed by atoms with Gasteiger partial charge in [0.2, 0.25) is 0 Å². The van der Waals surface area contributed by atoms with E-state index in [2.05, 4.69) is 15.9 Å². The molecule has 1 heterocycles. The van der Waals surface area contributed by atoms with Gasteiger partial charge in [-0.05, 0) is 37.3 Å². The van der Waals surface area contributed by atoms with Crippen molar-refractivity contribution in [3.05, 3.63) is 23.4 Å². The highest BCUT2D eigenvalue weighted by molar-refractivity contribution is 9.09. The molecule has 1 saturated carbocycles. The summed E-state index contributed by atoms with van der Waals surface area (Å²) in [4.78, 5) is 13.9. The Morgan fingerprint density at radius 3 is 2.85 bits per heavy atom. The third-order valence-corrected chi connectivity index (χ3v) is 4.71. The van der Waals surface area contributed by atoms with Crippen LogP contribution in [0, 0.1) is 5.92 Å². The van der Waals surface area contributed by atoms with Gasteiger partial charge in [-0.25, -0.2) is 4.79 Å². The van der Waals surface area contributed by atoms with E-state index < -0.39 is 0 Å². The largest absolute Gasteiger partial charge is 0.449 e. The minimum absolute atomic E-state index is 0.0456. The molecule has 1 atom stereocenters. The lowest BCUT2D eigenvalue weighted by atomic mass is 9.82. The molecule has 2 rings (SSSR count).